The van der Waals surface area contributed by atoms with E-state index < -0.39 is 35.7 Å². The molecule has 0 aliphatic heterocycles. The van der Waals surface area contributed by atoms with Crippen molar-refractivity contribution in [2.75, 3.05) is 13.7 Å². The van der Waals surface area contributed by atoms with Gasteiger partial charge in [-0.3, -0.25) is 14.4 Å². The Balaban J connectivity index is 2.51. The largest absolute Gasteiger partial charge is 0.468 e. The second kappa shape index (κ2) is 12.2. The fourth-order valence-electron chi connectivity index (χ4n) is 3.96. The molecule has 0 aromatic heterocycles. The van der Waals surface area contributed by atoms with Crippen molar-refractivity contribution in [1.29, 1.82) is 0 Å². The number of esters is 1. The van der Waals surface area contributed by atoms with Gasteiger partial charge >= 0.3 is 12.1 Å². The standard InChI is InChI=1S/C27H41N3O6/c1-9-16(2)22(29-26(34)36-27(5,6)7)25(33)30(19-13-14-19)23(24(32)28-15-21(31)35-8)20-12-10-11-17(3)18(20)4/h10-12,16,19,22-23H,9,13-15H2,1-8H3,(H,28,32)(H,29,34). The number of alkyl carbamates (subject to hydrolysis) is 1. The lowest BCUT2D eigenvalue weighted by atomic mass is 9.93. The van der Waals surface area contributed by atoms with Crippen LogP contribution in [0.1, 0.15) is 76.6 Å². The highest BCUT2D eigenvalue weighted by atomic mass is 16.6. The monoisotopic (exact) mass is 503 g/mol. The van der Waals surface area contributed by atoms with Crippen molar-refractivity contribution in [1.82, 2.24) is 15.5 Å². The number of rotatable bonds is 10. The van der Waals surface area contributed by atoms with Gasteiger partial charge in [0.25, 0.3) is 0 Å². The van der Waals surface area contributed by atoms with Gasteiger partial charge in [-0.15, -0.1) is 0 Å². The van der Waals surface area contributed by atoms with Crippen LogP contribution in [0.5, 0.6) is 0 Å². The first-order chi connectivity index (χ1) is 16.8. The molecule has 1 aromatic rings. The molecule has 36 heavy (non-hydrogen) atoms. The van der Waals surface area contributed by atoms with Crippen molar-refractivity contribution in [2.24, 2.45) is 5.92 Å². The molecule has 1 saturated carbocycles. The van der Waals surface area contributed by atoms with Gasteiger partial charge in [-0.05, 0) is 70.1 Å². The van der Waals surface area contributed by atoms with E-state index in [1.807, 2.05) is 45.9 Å². The number of hydrogen-bond donors (Lipinski definition) is 2. The summed E-state index contributed by atoms with van der Waals surface area (Å²) in [5.74, 6) is -1.62. The van der Waals surface area contributed by atoms with E-state index in [9.17, 15) is 19.2 Å². The molecule has 3 atom stereocenters. The summed E-state index contributed by atoms with van der Waals surface area (Å²) in [4.78, 5) is 53.6. The molecule has 200 valence electrons. The summed E-state index contributed by atoms with van der Waals surface area (Å²) >= 11 is 0. The van der Waals surface area contributed by atoms with Crippen molar-refractivity contribution >= 4 is 23.9 Å². The molecule has 1 aliphatic rings. The fraction of sp³-hybridized carbons (Fsp3) is 0.630. The molecule has 0 radical (unpaired) electrons. The summed E-state index contributed by atoms with van der Waals surface area (Å²) in [6.07, 6.45) is 1.44. The van der Waals surface area contributed by atoms with E-state index in [0.29, 0.717) is 12.0 Å². The topological polar surface area (TPSA) is 114 Å². The van der Waals surface area contributed by atoms with Gasteiger partial charge in [0.1, 0.15) is 24.2 Å². The molecule has 0 bridgehead atoms. The molecular weight excluding hydrogens is 462 g/mol. The maximum Gasteiger partial charge on any atom is 0.408 e. The number of nitrogens with zero attached hydrogens (tertiary/aromatic N) is 1. The third-order valence-corrected chi connectivity index (χ3v) is 6.45. The number of carbonyl (C=O) groups is 4. The van der Waals surface area contributed by atoms with E-state index in [4.69, 9.17) is 4.74 Å². The number of hydrogen-bond acceptors (Lipinski definition) is 6. The van der Waals surface area contributed by atoms with E-state index in [1.165, 1.54) is 7.11 Å². The first-order valence-electron chi connectivity index (χ1n) is 12.5. The van der Waals surface area contributed by atoms with Crippen LogP contribution in [-0.2, 0) is 23.9 Å². The predicted octanol–water partition coefficient (Wildman–Crippen LogP) is 3.56. The van der Waals surface area contributed by atoms with Gasteiger partial charge in [0.05, 0.1) is 7.11 Å². The van der Waals surface area contributed by atoms with Crippen LogP contribution >= 0.6 is 0 Å². The Hall–Kier alpha value is -3.10. The third kappa shape index (κ3) is 7.70. The van der Waals surface area contributed by atoms with Gasteiger partial charge in [0.15, 0.2) is 0 Å². The molecule has 0 saturated heterocycles. The normalized spacial score (nSPS) is 15.8. The fourth-order valence-corrected chi connectivity index (χ4v) is 3.96. The highest BCUT2D eigenvalue weighted by Gasteiger charge is 2.45. The molecule has 3 amide bonds. The van der Waals surface area contributed by atoms with Crippen molar-refractivity contribution in [3.05, 3.63) is 34.9 Å². The summed E-state index contributed by atoms with van der Waals surface area (Å²) in [5, 5.41) is 5.39. The quantitative estimate of drug-likeness (QED) is 0.472. The molecule has 0 spiro atoms. The number of aryl methyl sites for hydroxylation is 1. The summed E-state index contributed by atoms with van der Waals surface area (Å²) < 4.78 is 10.1. The number of carbonyl (C=O) groups excluding carboxylic acids is 4. The van der Waals surface area contributed by atoms with Gasteiger partial charge < -0.3 is 25.0 Å². The van der Waals surface area contributed by atoms with Crippen LogP contribution in [0, 0.1) is 19.8 Å². The average molecular weight is 504 g/mol. The van der Waals surface area contributed by atoms with E-state index >= 15 is 0 Å². The molecule has 9 nitrogen and oxygen atoms in total. The number of nitrogens with one attached hydrogen (secondary N) is 2. The van der Waals surface area contributed by atoms with Gasteiger partial charge in [-0.2, -0.15) is 0 Å². The van der Waals surface area contributed by atoms with Crippen LogP contribution in [0.4, 0.5) is 4.79 Å². The summed E-state index contributed by atoms with van der Waals surface area (Å²) in [6, 6.07) is 3.61. The first-order valence-corrected chi connectivity index (χ1v) is 12.5. The minimum absolute atomic E-state index is 0.154. The molecular formula is C27H41N3O6. The van der Waals surface area contributed by atoms with Crippen LogP contribution < -0.4 is 10.6 Å². The second-order valence-corrected chi connectivity index (χ2v) is 10.5. The number of methoxy groups -OCH3 is 1. The van der Waals surface area contributed by atoms with Crippen molar-refractivity contribution in [2.45, 2.75) is 91.5 Å². The molecule has 1 fully saturated rings. The van der Waals surface area contributed by atoms with Crippen LogP contribution in [0.3, 0.4) is 0 Å². The Morgan fingerprint density at radius 3 is 2.31 bits per heavy atom. The van der Waals surface area contributed by atoms with E-state index in [1.54, 1.807) is 25.7 Å². The lowest BCUT2D eigenvalue weighted by Crippen LogP contribution is -2.56. The molecule has 1 aliphatic carbocycles. The molecule has 9 heteroatoms. The van der Waals surface area contributed by atoms with Gasteiger partial charge in [-0.25, -0.2) is 4.79 Å². The van der Waals surface area contributed by atoms with E-state index in [2.05, 4.69) is 15.4 Å². The van der Waals surface area contributed by atoms with Crippen molar-refractivity contribution in [3.8, 4) is 0 Å². The number of amides is 3. The zero-order valence-electron chi connectivity index (χ0n) is 22.8. The average Bonchev–Trinajstić information content (AvgIpc) is 3.64. The third-order valence-electron chi connectivity index (χ3n) is 6.45. The van der Waals surface area contributed by atoms with Crippen molar-refractivity contribution < 1.29 is 28.7 Å². The maximum atomic E-state index is 14.1. The first kappa shape index (κ1) is 29.1. The number of ether oxygens (including phenoxy) is 2. The second-order valence-electron chi connectivity index (χ2n) is 10.5. The Morgan fingerprint density at radius 1 is 1.14 bits per heavy atom. The zero-order valence-corrected chi connectivity index (χ0v) is 22.8. The Morgan fingerprint density at radius 2 is 1.78 bits per heavy atom. The minimum atomic E-state index is -0.971. The van der Waals surface area contributed by atoms with Gasteiger partial charge in [0, 0.05) is 6.04 Å². The number of benzene rings is 1. The molecule has 1 aromatic carbocycles. The van der Waals surface area contributed by atoms with Gasteiger partial charge in [-0.1, -0.05) is 38.5 Å². The molecule has 2 rings (SSSR count). The van der Waals surface area contributed by atoms with Crippen molar-refractivity contribution in [3.63, 3.8) is 0 Å². The lowest BCUT2D eigenvalue weighted by Gasteiger charge is -2.36. The summed E-state index contributed by atoms with van der Waals surface area (Å²) in [6.45, 7) is 12.6. The minimum Gasteiger partial charge on any atom is -0.468 e. The zero-order chi connectivity index (χ0) is 27.2. The van der Waals surface area contributed by atoms with E-state index in [-0.39, 0.29) is 24.4 Å². The van der Waals surface area contributed by atoms with Crippen LogP contribution in [-0.4, -0.2) is 60.1 Å². The van der Waals surface area contributed by atoms with E-state index in [0.717, 1.165) is 24.0 Å². The van der Waals surface area contributed by atoms with Crippen LogP contribution in [0.25, 0.3) is 0 Å². The summed E-state index contributed by atoms with van der Waals surface area (Å²) in [7, 11) is 1.25. The van der Waals surface area contributed by atoms with Crippen LogP contribution in [0.2, 0.25) is 0 Å². The SMILES string of the molecule is CCC(C)C(NC(=O)OC(C)(C)C)C(=O)N(C1CC1)C(C(=O)NCC(=O)OC)c1cccc(C)c1C. The Labute approximate surface area is 214 Å². The molecule has 2 N–H and O–H groups in total. The maximum absolute atomic E-state index is 14.1. The Bertz CT molecular complexity index is 967. The highest BCUT2D eigenvalue weighted by molar-refractivity contribution is 5.94. The molecule has 3 unspecified atom stereocenters. The summed E-state index contributed by atoms with van der Waals surface area (Å²) in [5.41, 5.74) is 1.82. The Kier molecular flexibility index (Phi) is 9.90. The smallest absolute Gasteiger partial charge is 0.408 e. The van der Waals surface area contributed by atoms with Crippen LogP contribution in [0.15, 0.2) is 18.2 Å². The molecule has 0 heterocycles. The highest BCUT2D eigenvalue weighted by Crippen LogP contribution is 2.37. The van der Waals surface area contributed by atoms with Gasteiger partial charge in [0.2, 0.25) is 11.8 Å². The lowest BCUT2D eigenvalue weighted by molar-refractivity contribution is -0.145. The predicted molar refractivity (Wildman–Crippen MR) is 136 cm³/mol.